The summed E-state index contributed by atoms with van der Waals surface area (Å²) in [6, 6.07) is 5.81. The average Bonchev–Trinajstić information content (AvgIpc) is 2.98. The Morgan fingerprint density at radius 2 is 2.04 bits per heavy atom. The molecule has 1 aliphatic rings. The van der Waals surface area contributed by atoms with Gasteiger partial charge in [-0.3, -0.25) is 4.79 Å². The fourth-order valence-electron chi connectivity index (χ4n) is 3.56. The zero-order valence-corrected chi connectivity index (χ0v) is 15.3. The third-order valence-corrected chi connectivity index (χ3v) is 5.15. The predicted molar refractivity (Wildman–Crippen MR) is 101 cm³/mol. The number of piperidine rings is 1. The van der Waals surface area contributed by atoms with E-state index in [2.05, 4.69) is 20.2 Å². The third-order valence-electron chi connectivity index (χ3n) is 5.15. The molecule has 0 bridgehead atoms. The number of carbonyl (C=O) groups excluding carboxylic acids is 1. The summed E-state index contributed by atoms with van der Waals surface area (Å²) in [5.41, 5.74) is 2.20. The number of aromatic nitrogens is 2. The second kappa shape index (κ2) is 6.98. The molecule has 0 saturated carbocycles. The first-order valence-corrected chi connectivity index (χ1v) is 9.05. The topological polar surface area (TPSA) is 71.3 Å². The van der Waals surface area contributed by atoms with Gasteiger partial charge in [0.15, 0.2) is 0 Å². The minimum Gasteiger partial charge on any atom is -0.443 e. The molecule has 1 atom stereocenters. The number of aryl methyl sites for hydroxylation is 2. The molecule has 0 spiro atoms. The Morgan fingerprint density at radius 1 is 1.26 bits per heavy atom. The van der Waals surface area contributed by atoms with Crippen molar-refractivity contribution in [2.45, 2.75) is 26.7 Å². The molecule has 2 aromatic heterocycles. The maximum atomic E-state index is 13.0. The SMILES string of the molecule is Cc1oc2ncnc(N3CCC[C@@H](C(=O)Nc4ccc(F)cc4)C3)c2c1C. The quantitative estimate of drug-likeness (QED) is 0.761. The number of furan rings is 1. The van der Waals surface area contributed by atoms with Crippen LogP contribution >= 0.6 is 0 Å². The van der Waals surface area contributed by atoms with Gasteiger partial charge in [0.2, 0.25) is 11.6 Å². The summed E-state index contributed by atoms with van der Waals surface area (Å²) in [5.74, 6) is 1.09. The van der Waals surface area contributed by atoms with Gasteiger partial charge in [-0.2, -0.15) is 0 Å². The lowest BCUT2D eigenvalue weighted by Gasteiger charge is -2.33. The van der Waals surface area contributed by atoms with E-state index in [1.54, 1.807) is 12.1 Å². The van der Waals surface area contributed by atoms with Crippen molar-refractivity contribution in [3.05, 3.63) is 47.7 Å². The van der Waals surface area contributed by atoms with Crippen LogP contribution < -0.4 is 10.2 Å². The molecule has 0 radical (unpaired) electrons. The van der Waals surface area contributed by atoms with E-state index in [1.165, 1.54) is 18.5 Å². The van der Waals surface area contributed by atoms with Gasteiger partial charge in [0.05, 0.1) is 11.3 Å². The van der Waals surface area contributed by atoms with E-state index in [9.17, 15) is 9.18 Å². The molecule has 3 aromatic rings. The molecule has 3 heterocycles. The summed E-state index contributed by atoms with van der Waals surface area (Å²) < 4.78 is 18.7. The van der Waals surface area contributed by atoms with E-state index in [1.807, 2.05) is 13.8 Å². The summed E-state index contributed by atoms with van der Waals surface area (Å²) in [7, 11) is 0. The van der Waals surface area contributed by atoms with Gasteiger partial charge in [-0.1, -0.05) is 0 Å². The van der Waals surface area contributed by atoms with E-state index in [0.717, 1.165) is 41.9 Å². The fourth-order valence-corrected chi connectivity index (χ4v) is 3.56. The summed E-state index contributed by atoms with van der Waals surface area (Å²) in [4.78, 5) is 23.5. The third kappa shape index (κ3) is 3.37. The van der Waals surface area contributed by atoms with Crippen LogP contribution in [0.15, 0.2) is 35.0 Å². The van der Waals surface area contributed by atoms with Gasteiger partial charge in [-0.15, -0.1) is 0 Å². The first-order valence-electron chi connectivity index (χ1n) is 9.05. The highest BCUT2D eigenvalue weighted by atomic mass is 19.1. The van der Waals surface area contributed by atoms with Gasteiger partial charge in [0.25, 0.3) is 0 Å². The molecule has 6 nitrogen and oxygen atoms in total. The molecule has 4 rings (SSSR count). The lowest BCUT2D eigenvalue weighted by atomic mass is 9.96. The number of nitrogens with one attached hydrogen (secondary N) is 1. The Hall–Kier alpha value is -2.96. The van der Waals surface area contributed by atoms with Crippen molar-refractivity contribution >= 4 is 28.5 Å². The van der Waals surface area contributed by atoms with Gasteiger partial charge in [0, 0.05) is 24.3 Å². The van der Waals surface area contributed by atoms with Crippen LogP contribution in [0.4, 0.5) is 15.9 Å². The average molecular weight is 368 g/mol. The first-order chi connectivity index (χ1) is 13.0. The Labute approximate surface area is 156 Å². The molecule has 1 N–H and O–H groups in total. The van der Waals surface area contributed by atoms with Crippen molar-refractivity contribution in [2.75, 3.05) is 23.3 Å². The molecule has 140 valence electrons. The fraction of sp³-hybridized carbons (Fsp3) is 0.350. The molecule has 1 aliphatic heterocycles. The number of halogens is 1. The van der Waals surface area contributed by atoms with Gasteiger partial charge >= 0.3 is 0 Å². The number of nitrogens with zero attached hydrogens (tertiary/aromatic N) is 3. The van der Waals surface area contributed by atoms with Crippen molar-refractivity contribution in [3.63, 3.8) is 0 Å². The van der Waals surface area contributed by atoms with Crippen LogP contribution in [-0.2, 0) is 4.79 Å². The van der Waals surface area contributed by atoms with Crippen LogP contribution in [0.3, 0.4) is 0 Å². The number of hydrogen-bond donors (Lipinski definition) is 1. The number of benzene rings is 1. The van der Waals surface area contributed by atoms with Crippen LogP contribution in [0.5, 0.6) is 0 Å². The van der Waals surface area contributed by atoms with E-state index in [-0.39, 0.29) is 17.6 Å². The molecule has 1 amide bonds. The molecule has 1 fully saturated rings. The highest BCUT2D eigenvalue weighted by Crippen LogP contribution is 2.32. The molecular formula is C20H21FN4O2. The first kappa shape index (κ1) is 17.5. The van der Waals surface area contributed by atoms with E-state index >= 15 is 0 Å². The van der Waals surface area contributed by atoms with Gasteiger partial charge in [0.1, 0.15) is 23.7 Å². The number of carbonyl (C=O) groups is 1. The smallest absolute Gasteiger partial charge is 0.231 e. The molecule has 27 heavy (non-hydrogen) atoms. The summed E-state index contributed by atoms with van der Waals surface area (Å²) in [5, 5.41) is 3.79. The van der Waals surface area contributed by atoms with Crippen molar-refractivity contribution < 1.29 is 13.6 Å². The minimum atomic E-state index is -0.324. The maximum absolute atomic E-state index is 13.0. The van der Waals surface area contributed by atoms with Crippen molar-refractivity contribution in [3.8, 4) is 0 Å². The van der Waals surface area contributed by atoms with Crippen LogP contribution in [-0.4, -0.2) is 29.0 Å². The minimum absolute atomic E-state index is 0.0586. The van der Waals surface area contributed by atoms with Crippen molar-refractivity contribution in [2.24, 2.45) is 5.92 Å². The maximum Gasteiger partial charge on any atom is 0.231 e. The van der Waals surface area contributed by atoms with E-state index in [4.69, 9.17) is 4.42 Å². The van der Waals surface area contributed by atoms with Crippen molar-refractivity contribution in [1.29, 1.82) is 0 Å². The van der Waals surface area contributed by atoms with Crippen LogP contribution in [0.25, 0.3) is 11.1 Å². The lowest BCUT2D eigenvalue weighted by Crippen LogP contribution is -2.41. The van der Waals surface area contributed by atoms with Gasteiger partial charge in [-0.25, -0.2) is 14.4 Å². The molecule has 1 aromatic carbocycles. The molecule has 7 heteroatoms. The normalized spacial score (nSPS) is 17.3. The second-order valence-corrected chi connectivity index (χ2v) is 6.94. The Kier molecular flexibility index (Phi) is 4.51. The van der Waals surface area contributed by atoms with E-state index in [0.29, 0.717) is 17.9 Å². The highest BCUT2D eigenvalue weighted by molar-refractivity contribution is 5.94. The molecular weight excluding hydrogens is 347 g/mol. The number of rotatable bonds is 3. The van der Waals surface area contributed by atoms with Gasteiger partial charge in [-0.05, 0) is 51.0 Å². The number of hydrogen-bond acceptors (Lipinski definition) is 5. The standard InChI is InChI=1S/C20H21FN4O2/c1-12-13(2)27-20-17(12)18(22-11-23-20)25-9-3-4-14(10-25)19(26)24-16-7-5-15(21)6-8-16/h5-8,11,14H,3-4,9-10H2,1-2H3,(H,24,26)/t14-/m1/s1. The Morgan fingerprint density at radius 3 is 2.81 bits per heavy atom. The Balaban J connectivity index is 1.55. The Bertz CT molecular complexity index is 984. The van der Waals surface area contributed by atoms with Crippen LogP contribution in [0.1, 0.15) is 24.2 Å². The largest absolute Gasteiger partial charge is 0.443 e. The number of anilines is 2. The molecule has 0 aliphatic carbocycles. The van der Waals surface area contributed by atoms with E-state index < -0.39 is 0 Å². The highest BCUT2D eigenvalue weighted by Gasteiger charge is 2.28. The predicted octanol–water partition coefficient (Wildman–Crippen LogP) is 3.83. The number of amides is 1. The van der Waals surface area contributed by atoms with Crippen LogP contribution in [0, 0.1) is 25.6 Å². The summed E-state index contributed by atoms with van der Waals surface area (Å²) in [6.45, 7) is 5.31. The monoisotopic (exact) mass is 368 g/mol. The van der Waals surface area contributed by atoms with Crippen LogP contribution in [0.2, 0.25) is 0 Å². The zero-order chi connectivity index (χ0) is 19.0. The number of fused-ring (bicyclic) bond motifs is 1. The summed E-state index contributed by atoms with van der Waals surface area (Å²) >= 11 is 0. The lowest BCUT2D eigenvalue weighted by molar-refractivity contribution is -0.120. The molecule has 0 unspecified atom stereocenters. The zero-order valence-electron chi connectivity index (χ0n) is 15.3. The molecule has 1 saturated heterocycles. The second-order valence-electron chi connectivity index (χ2n) is 6.94. The summed E-state index contributed by atoms with van der Waals surface area (Å²) in [6.07, 6.45) is 3.20. The van der Waals surface area contributed by atoms with Gasteiger partial charge < -0.3 is 14.6 Å². The van der Waals surface area contributed by atoms with Crippen molar-refractivity contribution in [1.82, 2.24) is 9.97 Å².